The summed E-state index contributed by atoms with van der Waals surface area (Å²) in [6.07, 6.45) is 7.76. The highest BCUT2D eigenvalue weighted by Crippen LogP contribution is 2.32. The molecule has 0 atom stereocenters. The summed E-state index contributed by atoms with van der Waals surface area (Å²) >= 11 is 0. The van der Waals surface area contributed by atoms with Crippen LogP contribution in [-0.2, 0) is 16.4 Å². The molecule has 0 fully saturated rings. The number of sulfone groups is 1. The normalized spacial score (nSPS) is 11.0. The van der Waals surface area contributed by atoms with E-state index in [1.165, 1.54) is 29.1 Å². The van der Waals surface area contributed by atoms with Gasteiger partial charge in [0.15, 0.2) is 16.4 Å². The SMILES string of the molecule is C#CCOc1c(C(=O)c2ccc(S(C)(=O)=O)cc2Oc2ccccc2)cnn1CC. The van der Waals surface area contributed by atoms with E-state index in [9.17, 15) is 13.2 Å². The number of terminal acetylenes is 1. The Hall–Kier alpha value is -3.57. The van der Waals surface area contributed by atoms with Crippen molar-refractivity contribution in [2.24, 2.45) is 0 Å². The first-order valence-electron chi connectivity index (χ1n) is 9.09. The largest absolute Gasteiger partial charge is 0.464 e. The van der Waals surface area contributed by atoms with E-state index in [2.05, 4.69) is 11.0 Å². The molecule has 1 heterocycles. The monoisotopic (exact) mass is 424 g/mol. The van der Waals surface area contributed by atoms with Gasteiger partial charge in [-0.25, -0.2) is 13.1 Å². The van der Waals surface area contributed by atoms with E-state index in [1.807, 2.05) is 13.0 Å². The van der Waals surface area contributed by atoms with Crippen LogP contribution in [0, 0.1) is 12.3 Å². The lowest BCUT2D eigenvalue weighted by Gasteiger charge is -2.13. The maximum Gasteiger partial charge on any atom is 0.224 e. The summed E-state index contributed by atoms with van der Waals surface area (Å²) < 4.78 is 36.9. The van der Waals surface area contributed by atoms with Crippen molar-refractivity contribution in [1.29, 1.82) is 0 Å². The number of benzene rings is 2. The highest BCUT2D eigenvalue weighted by molar-refractivity contribution is 7.90. The van der Waals surface area contributed by atoms with Crippen molar-refractivity contribution in [3.63, 3.8) is 0 Å². The van der Waals surface area contributed by atoms with Gasteiger partial charge >= 0.3 is 0 Å². The van der Waals surface area contributed by atoms with Crippen molar-refractivity contribution in [1.82, 2.24) is 9.78 Å². The number of ether oxygens (including phenoxy) is 2. The molecule has 0 radical (unpaired) electrons. The summed E-state index contributed by atoms with van der Waals surface area (Å²) in [4.78, 5) is 13.4. The molecule has 0 amide bonds. The summed E-state index contributed by atoms with van der Waals surface area (Å²) in [5.41, 5.74) is 0.379. The molecule has 0 saturated carbocycles. The van der Waals surface area contributed by atoms with Gasteiger partial charge < -0.3 is 9.47 Å². The molecule has 0 aliphatic carbocycles. The first-order valence-corrected chi connectivity index (χ1v) is 11.0. The summed E-state index contributed by atoms with van der Waals surface area (Å²) in [6, 6.07) is 12.9. The molecule has 3 aromatic rings. The van der Waals surface area contributed by atoms with Gasteiger partial charge in [0.05, 0.1) is 16.7 Å². The van der Waals surface area contributed by atoms with E-state index in [1.54, 1.807) is 24.3 Å². The fourth-order valence-corrected chi connectivity index (χ4v) is 3.42. The number of aromatic nitrogens is 2. The molecule has 7 nitrogen and oxygen atoms in total. The highest BCUT2D eigenvalue weighted by atomic mass is 32.2. The number of rotatable bonds is 8. The van der Waals surface area contributed by atoms with Crippen molar-refractivity contribution in [2.75, 3.05) is 12.9 Å². The number of nitrogens with zero attached hydrogens (tertiary/aromatic N) is 2. The lowest BCUT2D eigenvalue weighted by Crippen LogP contribution is -2.09. The van der Waals surface area contributed by atoms with Crippen LogP contribution in [0.15, 0.2) is 59.6 Å². The molecule has 3 rings (SSSR count). The molecule has 2 aromatic carbocycles. The molecule has 0 unspecified atom stereocenters. The zero-order valence-corrected chi connectivity index (χ0v) is 17.3. The average Bonchev–Trinajstić information content (AvgIpc) is 3.14. The summed E-state index contributed by atoms with van der Waals surface area (Å²) in [6.45, 7) is 2.31. The topological polar surface area (TPSA) is 87.5 Å². The number of aryl methyl sites for hydroxylation is 1. The predicted octanol–water partition coefficient (Wildman–Crippen LogP) is 3.34. The van der Waals surface area contributed by atoms with E-state index in [4.69, 9.17) is 15.9 Å². The fraction of sp³-hybridized carbons (Fsp3) is 0.182. The smallest absolute Gasteiger partial charge is 0.224 e. The standard InChI is InChI=1S/C22H20N2O5S/c1-4-13-28-22-19(15-23-24(22)5-2)21(25)18-12-11-17(30(3,26)27)14-20(18)29-16-9-7-6-8-10-16/h1,6-12,14-15H,5,13H2,2-3H3. The summed E-state index contributed by atoms with van der Waals surface area (Å²) in [5, 5.41) is 4.17. The third-order valence-corrected chi connectivity index (χ3v) is 5.33. The molecule has 0 aliphatic heterocycles. The minimum absolute atomic E-state index is 0.0215. The molecular weight excluding hydrogens is 404 g/mol. The van der Waals surface area contributed by atoms with Gasteiger partial charge in [-0.3, -0.25) is 4.79 Å². The highest BCUT2D eigenvalue weighted by Gasteiger charge is 2.24. The molecule has 0 N–H and O–H groups in total. The van der Waals surface area contributed by atoms with Crippen LogP contribution in [0.25, 0.3) is 0 Å². The van der Waals surface area contributed by atoms with E-state index in [-0.39, 0.29) is 34.3 Å². The lowest BCUT2D eigenvalue weighted by atomic mass is 10.0. The van der Waals surface area contributed by atoms with Gasteiger partial charge in [-0.15, -0.1) is 6.42 Å². The fourth-order valence-electron chi connectivity index (χ4n) is 2.78. The molecular formula is C22H20N2O5S. The van der Waals surface area contributed by atoms with E-state index in [0.717, 1.165) is 6.26 Å². The Balaban J connectivity index is 2.10. The maximum absolute atomic E-state index is 13.3. The van der Waals surface area contributed by atoms with Gasteiger partial charge in [0.25, 0.3) is 0 Å². The van der Waals surface area contributed by atoms with Crippen molar-refractivity contribution in [3.05, 3.63) is 65.9 Å². The summed E-state index contributed by atoms with van der Waals surface area (Å²) in [5.74, 6) is 2.77. The van der Waals surface area contributed by atoms with E-state index in [0.29, 0.717) is 12.3 Å². The molecule has 0 aliphatic rings. The van der Waals surface area contributed by atoms with Crippen LogP contribution in [0.5, 0.6) is 17.4 Å². The van der Waals surface area contributed by atoms with E-state index < -0.39 is 15.6 Å². The average molecular weight is 424 g/mol. The lowest BCUT2D eigenvalue weighted by molar-refractivity contribution is 0.103. The van der Waals surface area contributed by atoms with Crippen LogP contribution in [0.4, 0.5) is 0 Å². The van der Waals surface area contributed by atoms with Crippen LogP contribution in [0.3, 0.4) is 0 Å². The molecule has 0 saturated heterocycles. The number of para-hydroxylation sites is 1. The Morgan fingerprint density at radius 3 is 2.53 bits per heavy atom. The molecule has 0 spiro atoms. The van der Waals surface area contributed by atoms with Crippen molar-refractivity contribution in [3.8, 4) is 29.7 Å². The number of hydrogen-bond acceptors (Lipinski definition) is 6. The Morgan fingerprint density at radius 2 is 1.90 bits per heavy atom. The number of ketones is 1. The van der Waals surface area contributed by atoms with Crippen LogP contribution >= 0.6 is 0 Å². The Labute approximate surface area is 175 Å². The minimum atomic E-state index is -3.50. The number of carbonyl (C=O) groups excluding carboxylic acids is 1. The Bertz CT molecular complexity index is 1210. The summed E-state index contributed by atoms with van der Waals surface area (Å²) in [7, 11) is -3.50. The molecule has 1 aromatic heterocycles. The van der Waals surface area contributed by atoms with Crippen molar-refractivity contribution < 1.29 is 22.7 Å². The second-order valence-electron chi connectivity index (χ2n) is 6.35. The van der Waals surface area contributed by atoms with Crippen LogP contribution < -0.4 is 9.47 Å². The number of carbonyl (C=O) groups is 1. The van der Waals surface area contributed by atoms with Gasteiger partial charge in [-0.1, -0.05) is 24.1 Å². The third-order valence-electron chi connectivity index (χ3n) is 4.22. The van der Waals surface area contributed by atoms with Gasteiger partial charge in [-0.05, 0) is 31.2 Å². The van der Waals surface area contributed by atoms with Gasteiger partial charge in [0.1, 0.15) is 17.1 Å². The third kappa shape index (κ3) is 4.53. The molecule has 8 heteroatoms. The quantitative estimate of drug-likeness (QED) is 0.407. The first kappa shape index (κ1) is 21.1. The van der Waals surface area contributed by atoms with Gasteiger partial charge in [0, 0.05) is 18.9 Å². The van der Waals surface area contributed by atoms with Gasteiger partial charge in [0.2, 0.25) is 11.7 Å². The van der Waals surface area contributed by atoms with Crippen LogP contribution in [-0.4, -0.2) is 36.8 Å². The first-order chi connectivity index (χ1) is 14.3. The van der Waals surface area contributed by atoms with Crippen molar-refractivity contribution in [2.45, 2.75) is 18.4 Å². The minimum Gasteiger partial charge on any atom is -0.464 e. The van der Waals surface area contributed by atoms with Crippen LogP contribution in [0.1, 0.15) is 22.8 Å². The van der Waals surface area contributed by atoms with Gasteiger partial charge in [-0.2, -0.15) is 5.10 Å². The Morgan fingerprint density at radius 1 is 1.17 bits per heavy atom. The van der Waals surface area contributed by atoms with Crippen LogP contribution in [0.2, 0.25) is 0 Å². The zero-order chi connectivity index (χ0) is 21.7. The zero-order valence-electron chi connectivity index (χ0n) is 16.5. The molecule has 0 bridgehead atoms. The second-order valence-corrected chi connectivity index (χ2v) is 8.36. The van der Waals surface area contributed by atoms with E-state index >= 15 is 0 Å². The number of hydrogen-bond donors (Lipinski definition) is 0. The maximum atomic E-state index is 13.3. The van der Waals surface area contributed by atoms with Crippen molar-refractivity contribution >= 4 is 15.6 Å². The second kappa shape index (κ2) is 8.84. The predicted molar refractivity (Wildman–Crippen MR) is 112 cm³/mol. The molecule has 30 heavy (non-hydrogen) atoms. The molecule has 154 valence electrons. The Kier molecular flexibility index (Phi) is 6.23.